The summed E-state index contributed by atoms with van der Waals surface area (Å²) in [4.78, 5) is 23.6. The number of nitrogens with one attached hydrogen (secondary N) is 1. The summed E-state index contributed by atoms with van der Waals surface area (Å²) in [6.07, 6.45) is 0. The zero-order valence-corrected chi connectivity index (χ0v) is 11.8. The quantitative estimate of drug-likeness (QED) is 0.930. The number of hydrogen-bond donors (Lipinski definition) is 1. The van der Waals surface area contributed by atoms with E-state index in [1.807, 2.05) is 32.0 Å². The van der Waals surface area contributed by atoms with E-state index in [9.17, 15) is 9.59 Å². The Balaban J connectivity index is 2.26. The molecule has 0 atom stereocenters. The minimum atomic E-state index is -0.322. The molecule has 0 bridgehead atoms. The van der Waals surface area contributed by atoms with Crippen LogP contribution in [0.2, 0.25) is 0 Å². The molecule has 0 fully saturated rings. The van der Waals surface area contributed by atoms with Crippen LogP contribution >= 0.6 is 0 Å². The van der Waals surface area contributed by atoms with Crippen LogP contribution in [-0.4, -0.2) is 15.7 Å². The fraction of sp³-hybridized carbons (Fsp3) is 0.267. The minimum absolute atomic E-state index is 0.213. The SMILES string of the molecule is CCn1nc(C(=O)Nc2cc(C)cc(C)c2)ccc1=O. The van der Waals surface area contributed by atoms with Crippen LogP contribution in [0.25, 0.3) is 0 Å². The van der Waals surface area contributed by atoms with Crippen molar-refractivity contribution in [1.29, 1.82) is 0 Å². The van der Waals surface area contributed by atoms with Gasteiger partial charge in [-0.3, -0.25) is 9.59 Å². The van der Waals surface area contributed by atoms with Gasteiger partial charge >= 0.3 is 0 Å². The third kappa shape index (κ3) is 3.12. The van der Waals surface area contributed by atoms with Gasteiger partial charge in [-0.2, -0.15) is 5.10 Å². The smallest absolute Gasteiger partial charge is 0.276 e. The highest BCUT2D eigenvalue weighted by Crippen LogP contribution is 2.14. The Hall–Kier alpha value is -2.43. The summed E-state index contributed by atoms with van der Waals surface area (Å²) in [5.74, 6) is -0.322. The van der Waals surface area contributed by atoms with E-state index in [0.29, 0.717) is 6.54 Å². The van der Waals surface area contributed by atoms with Crippen molar-refractivity contribution < 1.29 is 4.79 Å². The standard InChI is InChI=1S/C15H17N3O2/c1-4-18-14(19)6-5-13(17-18)15(20)16-12-8-10(2)7-11(3)9-12/h5-9H,4H2,1-3H3,(H,16,20). The molecular formula is C15H17N3O2. The normalized spacial score (nSPS) is 10.3. The van der Waals surface area contributed by atoms with Gasteiger partial charge in [-0.1, -0.05) is 6.07 Å². The Morgan fingerprint density at radius 2 is 1.85 bits per heavy atom. The average molecular weight is 271 g/mol. The lowest BCUT2D eigenvalue weighted by atomic mass is 10.1. The third-order valence-corrected chi connectivity index (χ3v) is 2.88. The van der Waals surface area contributed by atoms with Crippen LogP contribution in [-0.2, 0) is 6.54 Å². The summed E-state index contributed by atoms with van der Waals surface area (Å²) in [5, 5.41) is 6.82. The number of anilines is 1. The van der Waals surface area contributed by atoms with Gasteiger partial charge in [0.25, 0.3) is 11.5 Å². The zero-order chi connectivity index (χ0) is 14.7. The fourth-order valence-electron chi connectivity index (χ4n) is 2.04. The lowest BCUT2D eigenvalue weighted by Crippen LogP contribution is -2.25. The first-order chi connectivity index (χ1) is 9.49. The lowest BCUT2D eigenvalue weighted by molar-refractivity contribution is 0.102. The maximum absolute atomic E-state index is 12.1. The van der Waals surface area contributed by atoms with Crippen LogP contribution in [0, 0.1) is 13.8 Å². The molecule has 104 valence electrons. The van der Waals surface area contributed by atoms with Gasteiger partial charge in [0.05, 0.1) is 0 Å². The van der Waals surface area contributed by atoms with Crippen molar-refractivity contribution in [2.75, 3.05) is 5.32 Å². The van der Waals surface area contributed by atoms with Crippen molar-refractivity contribution in [1.82, 2.24) is 9.78 Å². The van der Waals surface area contributed by atoms with Crippen LogP contribution in [0.3, 0.4) is 0 Å². The molecule has 5 nitrogen and oxygen atoms in total. The Morgan fingerprint density at radius 1 is 1.20 bits per heavy atom. The van der Waals surface area contributed by atoms with E-state index >= 15 is 0 Å². The maximum atomic E-state index is 12.1. The van der Waals surface area contributed by atoms with E-state index < -0.39 is 0 Å². The third-order valence-electron chi connectivity index (χ3n) is 2.88. The second-order valence-corrected chi connectivity index (χ2v) is 4.70. The maximum Gasteiger partial charge on any atom is 0.276 e. The minimum Gasteiger partial charge on any atom is -0.321 e. The molecule has 1 aromatic carbocycles. The summed E-state index contributed by atoms with van der Waals surface area (Å²) in [5.41, 5.74) is 2.89. The molecule has 1 N–H and O–H groups in total. The van der Waals surface area contributed by atoms with Crippen LogP contribution in [0.15, 0.2) is 35.1 Å². The molecule has 0 saturated heterocycles. The number of hydrogen-bond acceptors (Lipinski definition) is 3. The second-order valence-electron chi connectivity index (χ2n) is 4.70. The number of carbonyl (C=O) groups excluding carboxylic acids is 1. The van der Waals surface area contributed by atoms with Gasteiger partial charge in [0.15, 0.2) is 0 Å². The number of amides is 1. The van der Waals surface area contributed by atoms with E-state index in [4.69, 9.17) is 0 Å². The molecule has 2 aromatic rings. The molecule has 0 spiro atoms. The molecule has 0 unspecified atom stereocenters. The molecule has 20 heavy (non-hydrogen) atoms. The van der Waals surface area contributed by atoms with Gasteiger partial charge in [-0.15, -0.1) is 0 Å². The van der Waals surface area contributed by atoms with Crippen LogP contribution in [0.4, 0.5) is 5.69 Å². The monoisotopic (exact) mass is 271 g/mol. The van der Waals surface area contributed by atoms with Gasteiger partial charge in [-0.25, -0.2) is 4.68 Å². The molecule has 1 aromatic heterocycles. The number of aromatic nitrogens is 2. The molecule has 5 heteroatoms. The first kappa shape index (κ1) is 14.0. The van der Waals surface area contributed by atoms with Gasteiger partial charge < -0.3 is 5.32 Å². The molecule has 0 aliphatic heterocycles. The second kappa shape index (κ2) is 5.69. The van der Waals surface area contributed by atoms with E-state index in [1.165, 1.54) is 16.8 Å². The molecule has 2 rings (SSSR count). The molecule has 0 radical (unpaired) electrons. The largest absolute Gasteiger partial charge is 0.321 e. The Kier molecular flexibility index (Phi) is 3.98. The van der Waals surface area contributed by atoms with Gasteiger partial charge in [-0.05, 0) is 50.1 Å². The average Bonchev–Trinajstić information content (AvgIpc) is 2.37. The lowest BCUT2D eigenvalue weighted by Gasteiger charge is -2.08. The first-order valence-corrected chi connectivity index (χ1v) is 6.47. The summed E-state index contributed by atoms with van der Waals surface area (Å²) < 4.78 is 1.26. The van der Waals surface area contributed by atoms with Crippen LogP contribution in [0.1, 0.15) is 28.5 Å². The van der Waals surface area contributed by atoms with Gasteiger partial charge in [0.2, 0.25) is 0 Å². The highest BCUT2D eigenvalue weighted by atomic mass is 16.2. The molecule has 1 amide bonds. The zero-order valence-electron chi connectivity index (χ0n) is 11.8. The van der Waals surface area contributed by atoms with Crippen molar-refractivity contribution in [2.45, 2.75) is 27.3 Å². The van der Waals surface area contributed by atoms with E-state index in [2.05, 4.69) is 10.4 Å². The first-order valence-electron chi connectivity index (χ1n) is 6.47. The predicted molar refractivity (Wildman–Crippen MR) is 78.0 cm³/mol. The number of benzene rings is 1. The number of rotatable bonds is 3. The summed E-state index contributed by atoms with van der Waals surface area (Å²) in [6, 6.07) is 8.60. The summed E-state index contributed by atoms with van der Waals surface area (Å²) in [7, 11) is 0. The molecule has 0 saturated carbocycles. The predicted octanol–water partition coefficient (Wildman–Crippen LogP) is 2.13. The van der Waals surface area contributed by atoms with Crippen LogP contribution in [0.5, 0.6) is 0 Å². The fourth-order valence-corrected chi connectivity index (χ4v) is 2.04. The van der Waals surface area contributed by atoms with Crippen molar-refractivity contribution in [2.24, 2.45) is 0 Å². The van der Waals surface area contributed by atoms with Crippen molar-refractivity contribution >= 4 is 11.6 Å². The van der Waals surface area contributed by atoms with Crippen LogP contribution < -0.4 is 10.9 Å². The van der Waals surface area contributed by atoms with Crippen molar-refractivity contribution in [3.05, 3.63) is 57.5 Å². The summed E-state index contributed by atoms with van der Waals surface area (Å²) >= 11 is 0. The number of nitrogens with zero attached hydrogens (tertiary/aromatic N) is 2. The molecule has 0 aliphatic carbocycles. The highest BCUT2D eigenvalue weighted by Gasteiger charge is 2.10. The van der Waals surface area contributed by atoms with E-state index in [0.717, 1.165) is 16.8 Å². The number of aryl methyl sites for hydroxylation is 3. The van der Waals surface area contributed by atoms with Crippen molar-refractivity contribution in [3.8, 4) is 0 Å². The highest BCUT2D eigenvalue weighted by molar-refractivity contribution is 6.02. The molecular weight excluding hydrogens is 254 g/mol. The Labute approximate surface area is 117 Å². The van der Waals surface area contributed by atoms with Gasteiger partial charge in [0.1, 0.15) is 5.69 Å². The summed E-state index contributed by atoms with van der Waals surface area (Å²) in [6.45, 7) is 6.18. The van der Waals surface area contributed by atoms with Gasteiger partial charge in [0, 0.05) is 18.3 Å². The molecule has 0 aliphatic rings. The topological polar surface area (TPSA) is 64.0 Å². The Morgan fingerprint density at radius 3 is 2.45 bits per heavy atom. The number of carbonyl (C=O) groups is 1. The van der Waals surface area contributed by atoms with E-state index in [1.54, 1.807) is 6.92 Å². The van der Waals surface area contributed by atoms with E-state index in [-0.39, 0.29) is 17.2 Å². The molecule has 1 heterocycles. The Bertz CT molecular complexity index is 684. The van der Waals surface area contributed by atoms with Crippen molar-refractivity contribution in [3.63, 3.8) is 0 Å².